The Morgan fingerprint density at radius 3 is 2.64 bits per heavy atom. The molecule has 3 heterocycles. The number of halogens is 1. The van der Waals surface area contributed by atoms with Crippen LogP contribution in [-0.2, 0) is 16.1 Å². The minimum atomic E-state index is -0.769. The number of hydrogen-bond donors (Lipinski definition) is 0. The molecule has 1 amide bonds. The van der Waals surface area contributed by atoms with Crippen LogP contribution < -0.4 is 4.74 Å². The highest BCUT2D eigenvalue weighted by molar-refractivity contribution is 5.77. The molecule has 1 saturated carbocycles. The average molecular weight is 500 g/mol. The Morgan fingerprint density at radius 1 is 1.14 bits per heavy atom. The van der Waals surface area contributed by atoms with Gasteiger partial charge >= 0.3 is 0 Å². The number of morpholine rings is 1. The van der Waals surface area contributed by atoms with Gasteiger partial charge in [-0.25, -0.2) is 4.39 Å². The lowest BCUT2D eigenvalue weighted by Crippen LogP contribution is -2.58. The molecular weight excluding hydrogens is 461 g/mol. The van der Waals surface area contributed by atoms with E-state index in [-0.39, 0.29) is 24.8 Å². The molecule has 1 aliphatic carbocycles. The standard InChI is InChI=1S/C27H38FN5O3/c1-30-10-12-32(13-11-30)26(34)16-27(21-35-25-8-6-23(28)7-9-25)20-31(14-15-36-27)18-22-17-29-33(19-22)24-4-2-3-5-24/h6-9,17,19,24H,2-5,10-16,18,20-21H2,1H3/t27-/m0/s1. The molecule has 0 unspecified atom stereocenters. The lowest BCUT2D eigenvalue weighted by atomic mass is 9.96. The van der Waals surface area contributed by atoms with Crippen molar-refractivity contribution in [2.75, 3.05) is 59.5 Å². The Morgan fingerprint density at radius 2 is 1.89 bits per heavy atom. The second-order valence-corrected chi connectivity index (χ2v) is 10.6. The summed E-state index contributed by atoms with van der Waals surface area (Å²) < 4.78 is 27.9. The smallest absolute Gasteiger partial charge is 0.225 e. The van der Waals surface area contributed by atoms with Crippen LogP contribution in [0.4, 0.5) is 4.39 Å². The highest BCUT2D eigenvalue weighted by atomic mass is 19.1. The van der Waals surface area contributed by atoms with Crippen molar-refractivity contribution in [3.8, 4) is 5.75 Å². The molecule has 5 rings (SSSR count). The number of aromatic nitrogens is 2. The molecule has 1 aromatic heterocycles. The molecule has 3 aliphatic rings. The van der Waals surface area contributed by atoms with Crippen molar-refractivity contribution in [1.29, 1.82) is 0 Å². The zero-order valence-corrected chi connectivity index (χ0v) is 21.3. The maximum atomic E-state index is 13.4. The zero-order valence-electron chi connectivity index (χ0n) is 21.3. The van der Waals surface area contributed by atoms with E-state index < -0.39 is 5.60 Å². The molecule has 1 aromatic carbocycles. The Hall–Kier alpha value is -2.49. The Kier molecular flexibility index (Phi) is 7.88. The summed E-state index contributed by atoms with van der Waals surface area (Å²) in [6.45, 7) is 6.11. The second kappa shape index (κ2) is 11.3. The summed E-state index contributed by atoms with van der Waals surface area (Å²) in [6, 6.07) is 6.51. The number of carbonyl (C=O) groups is 1. The number of likely N-dealkylation sites (N-methyl/N-ethyl adjacent to an activating group) is 1. The molecule has 1 atom stereocenters. The summed E-state index contributed by atoms with van der Waals surface area (Å²) in [5, 5.41) is 4.64. The van der Waals surface area contributed by atoms with Crippen LogP contribution in [0.25, 0.3) is 0 Å². The summed E-state index contributed by atoms with van der Waals surface area (Å²) in [4.78, 5) is 19.9. The number of rotatable bonds is 8. The highest BCUT2D eigenvalue weighted by Crippen LogP contribution is 2.30. The number of benzene rings is 1. The van der Waals surface area contributed by atoms with Gasteiger partial charge in [0.05, 0.1) is 25.3 Å². The van der Waals surface area contributed by atoms with E-state index in [0.717, 1.165) is 39.3 Å². The van der Waals surface area contributed by atoms with E-state index in [9.17, 15) is 9.18 Å². The van der Waals surface area contributed by atoms with Crippen molar-refractivity contribution in [1.82, 2.24) is 24.5 Å². The van der Waals surface area contributed by atoms with Gasteiger partial charge in [-0.2, -0.15) is 5.10 Å². The van der Waals surface area contributed by atoms with E-state index in [1.54, 1.807) is 12.1 Å². The van der Waals surface area contributed by atoms with Crippen LogP contribution in [0.2, 0.25) is 0 Å². The van der Waals surface area contributed by atoms with Gasteiger partial charge in [0.15, 0.2) is 0 Å². The molecule has 3 fully saturated rings. The molecular formula is C27H38FN5O3. The predicted molar refractivity (Wildman–Crippen MR) is 134 cm³/mol. The molecule has 8 nitrogen and oxygen atoms in total. The summed E-state index contributed by atoms with van der Waals surface area (Å²) in [5.41, 5.74) is 0.414. The Balaban J connectivity index is 1.27. The fourth-order valence-electron chi connectivity index (χ4n) is 5.58. The van der Waals surface area contributed by atoms with E-state index in [1.165, 1.54) is 43.4 Å². The highest BCUT2D eigenvalue weighted by Gasteiger charge is 2.41. The van der Waals surface area contributed by atoms with Crippen LogP contribution in [0, 0.1) is 5.82 Å². The lowest BCUT2D eigenvalue weighted by Gasteiger charge is -2.43. The molecule has 2 aliphatic heterocycles. The van der Waals surface area contributed by atoms with Crippen molar-refractivity contribution in [2.45, 2.75) is 50.3 Å². The molecule has 0 radical (unpaired) electrons. The van der Waals surface area contributed by atoms with Gasteiger partial charge < -0.3 is 19.3 Å². The van der Waals surface area contributed by atoms with Crippen LogP contribution in [0.15, 0.2) is 36.7 Å². The minimum absolute atomic E-state index is 0.0988. The molecule has 36 heavy (non-hydrogen) atoms. The third-order valence-electron chi connectivity index (χ3n) is 7.73. The van der Waals surface area contributed by atoms with Gasteiger partial charge in [0, 0.05) is 57.6 Å². The topological polar surface area (TPSA) is 63.1 Å². The first-order chi connectivity index (χ1) is 17.5. The first-order valence-electron chi connectivity index (χ1n) is 13.2. The summed E-state index contributed by atoms with van der Waals surface area (Å²) >= 11 is 0. The molecule has 0 N–H and O–H groups in total. The maximum absolute atomic E-state index is 13.4. The van der Waals surface area contributed by atoms with Crippen LogP contribution in [-0.4, -0.2) is 95.5 Å². The maximum Gasteiger partial charge on any atom is 0.225 e. The van der Waals surface area contributed by atoms with Gasteiger partial charge in [0.25, 0.3) is 0 Å². The molecule has 2 aromatic rings. The summed E-state index contributed by atoms with van der Waals surface area (Å²) in [7, 11) is 2.08. The second-order valence-electron chi connectivity index (χ2n) is 10.6. The normalized spacial score (nSPS) is 24.3. The number of hydrogen-bond acceptors (Lipinski definition) is 6. The quantitative estimate of drug-likeness (QED) is 0.557. The molecule has 0 spiro atoms. The van der Waals surface area contributed by atoms with Crippen LogP contribution in [0.1, 0.15) is 43.7 Å². The first-order valence-corrected chi connectivity index (χ1v) is 13.2. The third-order valence-corrected chi connectivity index (χ3v) is 7.73. The van der Waals surface area contributed by atoms with Gasteiger partial charge in [-0.05, 0) is 44.2 Å². The molecule has 0 bridgehead atoms. The van der Waals surface area contributed by atoms with Crippen molar-refractivity contribution in [3.63, 3.8) is 0 Å². The van der Waals surface area contributed by atoms with Crippen LogP contribution >= 0.6 is 0 Å². The van der Waals surface area contributed by atoms with Crippen molar-refractivity contribution >= 4 is 5.91 Å². The van der Waals surface area contributed by atoms with Crippen LogP contribution in [0.3, 0.4) is 0 Å². The largest absolute Gasteiger partial charge is 0.491 e. The fourth-order valence-corrected chi connectivity index (χ4v) is 5.58. The van der Waals surface area contributed by atoms with Crippen molar-refractivity contribution < 1.29 is 18.7 Å². The number of piperazine rings is 1. The van der Waals surface area contributed by atoms with Gasteiger partial charge in [0.1, 0.15) is 23.8 Å². The molecule has 2 saturated heterocycles. The van der Waals surface area contributed by atoms with Gasteiger partial charge in [0.2, 0.25) is 5.91 Å². The van der Waals surface area contributed by atoms with E-state index >= 15 is 0 Å². The zero-order chi connectivity index (χ0) is 25.0. The number of ether oxygens (including phenoxy) is 2. The average Bonchev–Trinajstić information content (AvgIpc) is 3.57. The van der Waals surface area contributed by atoms with Crippen molar-refractivity contribution in [2.24, 2.45) is 0 Å². The Labute approximate surface area is 212 Å². The lowest BCUT2D eigenvalue weighted by molar-refractivity contribution is -0.157. The van der Waals surface area contributed by atoms with E-state index in [1.807, 2.05) is 11.1 Å². The Bertz CT molecular complexity index is 1000. The molecule has 196 valence electrons. The van der Waals surface area contributed by atoms with E-state index in [4.69, 9.17) is 9.47 Å². The van der Waals surface area contributed by atoms with Crippen molar-refractivity contribution in [3.05, 3.63) is 48.0 Å². The SMILES string of the molecule is CN1CCN(C(=O)C[C@@]2(COc3ccc(F)cc3)CN(Cc3cnn(C4CCCC4)c3)CCO2)CC1. The fraction of sp³-hybridized carbons (Fsp3) is 0.630. The number of nitrogens with zero attached hydrogens (tertiary/aromatic N) is 5. The monoisotopic (exact) mass is 499 g/mol. The number of carbonyl (C=O) groups excluding carboxylic acids is 1. The summed E-state index contributed by atoms with van der Waals surface area (Å²) in [5.74, 6) is 0.364. The minimum Gasteiger partial charge on any atom is -0.491 e. The van der Waals surface area contributed by atoms with Gasteiger partial charge in [-0.15, -0.1) is 0 Å². The third kappa shape index (κ3) is 6.25. The number of amides is 1. The first kappa shape index (κ1) is 25.2. The van der Waals surface area contributed by atoms with Gasteiger partial charge in [-0.3, -0.25) is 14.4 Å². The van der Waals surface area contributed by atoms with Gasteiger partial charge in [-0.1, -0.05) is 12.8 Å². The van der Waals surface area contributed by atoms with Crippen LogP contribution in [0.5, 0.6) is 5.75 Å². The predicted octanol–water partition coefficient (Wildman–Crippen LogP) is 2.95. The molecule has 9 heteroatoms. The summed E-state index contributed by atoms with van der Waals surface area (Å²) in [6.07, 6.45) is 9.38. The van der Waals surface area contributed by atoms with E-state index in [2.05, 4.69) is 32.8 Å². The van der Waals surface area contributed by atoms with E-state index in [0.29, 0.717) is 24.9 Å².